The predicted molar refractivity (Wildman–Crippen MR) is 112 cm³/mol. The molecule has 0 unspecified atom stereocenters. The SMILES string of the molecule is CN(C)C(=O)CN1C[C@@H]2[C@H](NC(=O)C(C)(C)C)c3ccccc3[C@@H]2C1.O=C(O)C(F)(F)F. The van der Waals surface area contributed by atoms with Crippen molar-refractivity contribution in [3.05, 3.63) is 35.4 Å². The van der Waals surface area contributed by atoms with Crippen LogP contribution in [0.15, 0.2) is 24.3 Å². The van der Waals surface area contributed by atoms with E-state index in [9.17, 15) is 22.8 Å². The first-order chi connectivity index (χ1) is 14.6. The third-order valence-electron chi connectivity index (χ3n) is 5.67. The van der Waals surface area contributed by atoms with Crippen LogP contribution in [-0.4, -0.2) is 72.6 Å². The average Bonchev–Trinajstić information content (AvgIpc) is 3.18. The average molecular weight is 457 g/mol. The van der Waals surface area contributed by atoms with Gasteiger partial charge >= 0.3 is 12.1 Å². The lowest BCUT2D eigenvalue weighted by atomic mass is 9.91. The zero-order chi connectivity index (χ0) is 24.4. The number of halogens is 3. The molecule has 2 aliphatic rings. The van der Waals surface area contributed by atoms with Crippen LogP contribution >= 0.6 is 0 Å². The summed E-state index contributed by atoms with van der Waals surface area (Å²) in [5.74, 6) is -1.83. The number of amides is 2. The molecule has 7 nitrogen and oxygen atoms in total. The van der Waals surface area contributed by atoms with E-state index in [1.165, 1.54) is 11.1 Å². The van der Waals surface area contributed by atoms with Gasteiger partial charge in [-0.15, -0.1) is 0 Å². The number of rotatable bonds is 3. The van der Waals surface area contributed by atoms with Crippen LogP contribution in [0.2, 0.25) is 0 Å². The molecule has 0 spiro atoms. The van der Waals surface area contributed by atoms with E-state index in [1.54, 1.807) is 19.0 Å². The molecule has 1 saturated heterocycles. The molecule has 0 bridgehead atoms. The molecule has 0 saturated carbocycles. The molecule has 1 aromatic carbocycles. The van der Waals surface area contributed by atoms with Gasteiger partial charge < -0.3 is 15.3 Å². The molecule has 2 N–H and O–H groups in total. The number of fused-ring (bicyclic) bond motifs is 3. The number of nitrogens with one attached hydrogen (secondary N) is 1. The van der Waals surface area contributed by atoms with E-state index in [0.717, 1.165) is 13.1 Å². The van der Waals surface area contributed by atoms with Crippen molar-refractivity contribution < 1.29 is 32.7 Å². The van der Waals surface area contributed by atoms with Crippen LogP contribution in [0.4, 0.5) is 13.2 Å². The Hall–Kier alpha value is -2.62. The fourth-order valence-corrected chi connectivity index (χ4v) is 3.95. The summed E-state index contributed by atoms with van der Waals surface area (Å²) in [4.78, 5) is 37.4. The van der Waals surface area contributed by atoms with Crippen molar-refractivity contribution in [1.29, 1.82) is 0 Å². The second kappa shape index (κ2) is 9.48. The van der Waals surface area contributed by atoms with Crippen LogP contribution in [0.1, 0.15) is 43.9 Å². The summed E-state index contributed by atoms with van der Waals surface area (Å²) >= 11 is 0. The van der Waals surface area contributed by atoms with E-state index in [0.29, 0.717) is 18.4 Å². The molecule has 1 heterocycles. The van der Waals surface area contributed by atoms with Crippen LogP contribution in [0, 0.1) is 11.3 Å². The number of benzene rings is 1. The van der Waals surface area contributed by atoms with Gasteiger partial charge in [0.2, 0.25) is 11.8 Å². The summed E-state index contributed by atoms with van der Waals surface area (Å²) in [5, 5.41) is 10.4. The molecule has 1 aromatic rings. The lowest BCUT2D eigenvalue weighted by Crippen LogP contribution is -2.40. The molecule has 3 atom stereocenters. The van der Waals surface area contributed by atoms with Crippen LogP contribution in [0.3, 0.4) is 0 Å². The van der Waals surface area contributed by atoms with Gasteiger partial charge in [0.25, 0.3) is 0 Å². The van der Waals surface area contributed by atoms with E-state index >= 15 is 0 Å². The fraction of sp³-hybridized carbons (Fsp3) is 0.591. The second-order valence-electron chi connectivity index (χ2n) is 9.39. The highest BCUT2D eigenvalue weighted by Gasteiger charge is 2.47. The summed E-state index contributed by atoms with van der Waals surface area (Å²) in [6, 6.07) is 8.46. The number of carboxylic acid groups (broad SMARTS) is 1. The lowest BCUT2D eigenvalue weighted by Gasteiger charge is -2.27. The minimum atomic E-state index is -5.08. The van der Waals surface area contributed by atoms with Gasteiger partial charge in [-0.05, 0) is 11.1 Å². The molecule has 3 rings (SSSR count). The largest absolute Gasteiger partial charge is 0.490 e. The normalized spacial score (nSPS) is 22.3. The molecule has 1 aliphatic heterocycles. The van der Waals surface area contributed by atoms with Crippen LogP contribution in [-0.2, 0) is 14.4 Å². The van der Waals surface area contributed by atoms with E-state index in [2.05, 4.69) is 28.4 Å². The van der Waals surface area contributed by atoms with Crippen molar-refractivity contribution >= 4 is 17.8 Å². The number of alkyl halides is 3. The van der Waals surface area contributed by atoms with Gasteiger partial charge in [-0.25, -0.2) is 4.79 Å². The van der Waals surface area contributed by atoms with E-state index in [-0.39, 0.29) is 17.9 Å². The van der Waals surface area contributed by atoms with Gasteiger partial charge in [0.05, 0.1) is 12.6 Å². The molecular formula is C22H30F3N3O4. The van der Waals surface area contributed by atoms with Gasteiger partial charge in [-0.2, -0.15) is 13.2 Å². The van der Waals surface area contributed by atoms with E-state index in [1.807, 2.05) is 26.8 Å². The zero-order valence-electron chi connectivity index (χ0n) is 18.9. The number of carboxylic acids is 1. The third kappa shape index (κ3) is 5.99. The first-order valence-electron chi connectivity index (χ1n) is 10.2. The van der Waals surface area contributed by atoms with Crippen LogP contribution in [0.25, 0.3) is 0 Å². The monoisotopic (exact) mass is 457 g/mol. The Balaban J connectivity index is 0.000000451. The van der Waals surface area contributed by atoms with Gasteiger partial charge in [-0.3, -0.25) is 14.5 Å². The fourth-order valence-electron chi connectivity index (χ4n) is 3.95. The Morgan fingerprint density at radius 1 is 1.09 bits per heavy atom. The Labute approximate surface area is 185 Å². The molecule has 1 aliphatic carbocycles. The molecule has 2 amide bonds. The first-order valence-corrected chi connectivity index (χ1v) is 10.2. The number of likely N-dealkylation sites (tertiary alicyclic amines) is 1. The quantitative estimate of drug-likeness (QED) is 0.729. The van der Waals surface area contributed by atoms with Gasteiger partial charge in [0, 0.05) is 44.4 Å². The number of hydrogen-bond donors (Lipinski definition) is 2. The highest BCUT2D eigenvalue weighted by Crippen LogP contribution is 2.49. The van der Waals surface area contributed by atoms with E-state index < -0.39 is 17.6 Å². The maximum absolute atomic E-state index is 12.6. The summed E-state index contributed by atoms with van der Waals surface area (Å²) < 4.78 is 31.7. The van der Waals surface area contributed by atoms with Crippen molar-refractivity contribution in [2.24, 2.45) is 11.3 Å². The number of carbonyl (C=O) groups excluding carboxylic acids is 2. The maximum Gasteiger partial charge on any atom is 0.490 e. The highest BCUT2D eigenvalue weighted by atomic mass is 19.4. The molecule has 32 heavy (non-hydrogen) atoms. The lowest BCUT2D eigenvalue weighted by molar-refractivity contribution is -0.192. The number of hydrogen-bond acceptors (Lipinski definition) is 4. The first kappa shape index (κ1) is 25.6. The topological polar surface area (TPSA) is 90.0 Å². The zero-order valence-corrected chi connectivity index (χ0v) is 18.9. The van der Waals surface area contributed by atoms with Crippen molar-refractivity contribution in [3.8, 4) is 0 Å². The summed E-state index contributed by atoms with van der Waals surface area (Å²) in [5.41, 5.74) is 2.16. The number of nitrogens with zero attached hydrogens (tertiary/aromatic N) is 2. The highest BCUT2D eigenvalue weighted by molar-refractivity contribution is 5.82. The Kier molecular flexibility index (Phi) is 7.59. The maximum atomic E-state index is 12.6. The van der Waals surface area contributed by atoms with Gasteiger partial charge in [0.1, 0.15) is 0 Å². The number of carbonyl (C=O) groups is 3. The van der Waals surface area contributed by atoms with Crippen molar-refractivity contribution in [1.82, 2.24) is 15.1 Å². The minimum absolute atomic E-state index is 0.0346. The Bertz CT molecular complexity index is 865. The minimum Gasteiger partial charge on any atom is -0.475 e. The summed E-state index contributed by atoms with van der Waals surface area (Å²) in [7, 11) is 3.59. The van der Waals surface area contributed by atoms with Gasteiger partial charge in [0.15, 0.2) is 0 Å². The Morgan fingerprint density at radius 3 is 2.09 bits per heavy atom. The van der Waals surface area contributed by atoms with Crippen LogP contribution in [0.5, 0.6) is 0 Å². The summed E-state index contributed by atoms with van der Waals surface area (Å²) in [6.45, 7) is 7.99. The summed E-state index contributed by atoms with van der Waals surface area (Å²) in [6.07, 6.45) is -5.08. The molecule has 0 aromatic heterocycles. The van der Waals surface area contributed by atoms with E-state index in [4.69, 9.17) is 9.90 Å². The van der Waals surface area contributed by atoms with Crippen molar-refractivity contribution in [2.75, 3.05) is 33.7 Å². The van der Waals surface area contributed by atoms with Crippen molar-refractivity contribution in [2.45, 2.75) is 38.9 Å². The second-order valence-corrected chi connectivity index (χ2v) is 9.39. The smallest absolute Gasteiger partial charge is 0.475 e. The molecule has 1 fully saturated rings. The van der Waals surface area contributed by atoms with Crippen molar-refractivity contribution in [3.63, 3.8) is 0 Å². The predicted octanol–water partition coefficient (Wildman–Crippen LogP) is 2.64. The molecule has 178 valence electrons. The van der Waals surface area contributed by atoms with Gasteiger partial charge in [-0.1, -0.05) is 45.0 Å². The third-order valence-corrected chi connectivity index (χ3v) is 5.67. The molecular weight excluding hydrogens is 427 g/mol. The van der Waals surface area contributed by atoms with Crippen LogP contribution < -0.4 is 5.32 Å². The number of likely N-dealkylation sites (N-methyl/N-ethyl adjacent to an activating group) is 1. The number of aliphatic carboxylic acids is 1. The molecule has 0 radical (unpaired) electrons. The standard InChI is InChI=1S/C20H29N3O2.C2HF3O2/c1-20(2,3)19(25)21-18-14-9-7-6-8-13(14)15-10-23(11-16(15)18)12-17(24)22(4)5;3-2(4,5)1(6)7/h6-9,15-16,18H,10-12H2,1-5H3,(H,21,25);(H,6,7)/t15-,16-,18+;/m0./s1. The molecule has 10 heteroatoms. The Morgan fingerprint density at radius 2 is 1.62 bits per heavy atom.